The highest BCUT2D eigenvalue weighted by molar-refractivity contribution is 8.09. The SMILES string of the molecule is CCCCCCN=C(N)NCCOc1ccc(N(S(C)(=O)=O)S(C)(=O)=O)cc1. The van der Waals surface area contributed by atoms with Crippen LogP contribution in [-0.4, -0.2) is 55.0 Å². The zero-order chi connectivity index (χ0) is 21.2. The Morgan fingerprint density at radius 3 is 2.21 bits per heavy atom. The molecule has 3 N–H and O–H groups in total. The number of hydrogen-bond acceptors (Lipinski definition) is 6. The Morgan fingerprint density at radius 1 is 1.07 bits per heavy atom. The van der Waals surface area contributed by atoms with E-state index < -0.39 is 20.0 Å². The lowest BCUT2D eigenvalue weighted by Crippen LogP contribution is -2.35. The fourth-order valence-corrected chi connectivity index (χ4v) is 5.41. The van der Waals surface area contributed by atoms with Gasteiger partial charge in [0.2, 0.25) is 20.0 Å². The molecule has 0 amide bonds. The number of guanidine groups is 1. The average molecular weight is 435 g/mol. The van der Waals surface area contributed by atoms with Gasteiger partial charge in [-0.15, -0.1) is 0 Å². The number of unbranched alkanes of at least 4 members (excludes halogenated alkanes) is 3. The lowest BCUT2D eigenvalue weighted by molar-refractivity contribution is 0.322. The van der Waals surface area contributed by atoms with Gasteiger partial charge in [-0.25, -0.2) is 16.8 Å². The molecule has 0 saturated heterocycles. The van der Waals surface area contributed by atoms with E-state index in [9.17, 15) is 16.8 Å². The molecule has 0 unspecified atom stereocenters. The Balaban J connectivity index is 2.50. The van der Waals surface area contributed by atoms with Gasteiger partial charge in [0.1, 0.15) is 12.4 Å². The molecule has 0 radical (unpaired) electrons. The Bertz CT molecular complexity index is 805. The van der Waals surface area contributed by atoms with Crippen molar-refractivity contribution in [2.75, 3.05) is 35.9 Å². The van der Waals surface area contributed by atoms with Gasteiger partial charge in [-0.3, -0.25) is 4.99 Å². The van der Waals surface area contributed by atoms with E-state index in [0.29, 0.717) is 35.1 Å². The molecule has 0 aliphatic heterocycles. The van der Waals surface area contributed by atoms with Crippen molar-refractivity contribution in [3.63, 3.8) is 0 Å². The molecule has 0 bridgehead atoms. The third kappa shape index (κ3) is 8.79. The van der Waals surface area contributed by atoms with Crippen LogP contribution >= 0.6 is 0 Å². The molecule has 28 heavy (non-hydrogen) atoms. The highest BCUT2D eigenvalue weighted by atomic mass is 32.3. The van der Waals surface area contributed by atoms with E-state index >= 15 is 0 Å². The molecule has 0 saturated carbocycles. The van der Waals surface area contributed by atoms with Crippen LogP contribution in [0.15, 0.2) is 29.3 Å². The van der Waals surface area contributed by atoms with Crippen LogP contribution in [0.3, 0.4) is 0 Å². The second kappa shape index (κ2) is 11.1. The Hall–Kier alpha value is -2.01. The lowest BCUT2D eigenvalue weighted by atomic mass is 10.2. The second-order valence-corrected chi connectivity index (χ2v) is 10.2. The van der Waals surface area contributed by atoms with Gasteiger partial charge in [-0.2, -0.15) is 3.71 Å². The van der Waals surface area contributed by atoms with Gasteiger partial charge in [0.25, 0.3) is 0 Å². The van der Waals surface area contributed by atoms with Crippen LogP contribution in [0.5, 0.6) is 5.75 Å². The van der Waals surface area contributed by atoms with E-state index in [2.05, 4.69) is 17.2 Å². The van der Waals surface area contributed by atoms with Crippen molar-refractivity contribution in [3.8, 4) is 5.75 Å². The highest BCUT2D eigenvalue weighted by Gasteiger charge is 2.27. The van der Waals surface area contributed by atoms with Gasteiger partial charge < -0.3 is 15.8 Å². The molecule has 0 aromatic heterocycles. The molecule has 0 spiro atoms. The van der Waals surface area contributed by atoms with Gasteiger partial charge in [-0.1, -0.05) is 26.2 Å². The van der Waals surface area contributed by atoms with Crippen LogP contribution < -0.4 is 19.5 Å². The van der Waals surface area contributed by atoms with Crippen LogP contribution in [0.25, 0.3) is 0 Å². The number of hydrogen-bond donors (Lipinski definition) is 2. The number of ether oxygens (including phenoxy) is 1. The molecule has 160 valence electrons. The summed E-state index contributed by atoms with van der Waals surface area (Å²) in [7, 11) is -7.93. The van der Waals surface area contributed by atoms with Crippen LogP contribution in [-0.2, 0) is 20.0 Å². The highest BCUT2D eigenvalue weighted by Crippen LogP contribution is 2.23. The third-order valence-electron chi connectivity index (χ3n) is 3.62. The van der Waals surface area contributed by atoms with Crippen LogP contribution in [0, 0.1) is 0 Å². The van der Waals surface area contributed by atoms with Gasteiger partial charge in [-0.05, 0) is 30.7 Å². The summed E-state index contributed by atoms with van der Waals surface area (Å²) in [6.45, 7) is 3.61. The summed E-state index contributed by atoms with van der Waals surface area (Å²) in [5, 5.41) is 2.95. The molecule has 1 aromatic carbocycles. The maximum atomic E-state index is 11.7. The quantitative estimate of drug-likeness (QED) is 0.288. The van der Waals surface area contributed by atoms with Crippen LogP contribution in [0.2, 0.25) is 0 Å². The topological polar surface area (TPSA) is 131 Å². The van der Waals surface area contributed by atoms with E-state index in [1.54, 1.807) is 0 Å². The maximum Gasteiger partial charge on any atom is 0.245 e. The van der Waals surface area contributed by atoms with Gasteiger partial charge in [0.05, 0.1) is 24.7 Å². The van der Waals surface area contributed by atoms with Crippen molar-refractivity contribution in [1.29, 1.82) is 0 Å². The average Bonchev–Trinajstić information content (AvgIpc) is 2.57. The van der Waals surface area contributed by atoms with Crippen molar-refractivity contribution < 1.29 is 21.6 Å². The molecule has 0 atom stereocenters. The minimum absolute atomic E-state index is 0.0231. The number of nitrogens with zero attached hydrogens (tertiary/aromatic N) is 2. The second-order valence-electron chi connectivity index (χ2n) is 6.32. The predicted octanol–water partition coefficient (Wildman–Crippen LogP) is 1.28. The zero-order valence-electron chi connectivity index (χ0n) is 16.6. The first kappa shape index (κ1) is 24.0. The first-order chi connectivity index (χ1) is 13.1. The maximum absolute atomic E-state index is 11.7. The number of nitrogens with one attached hydrogen (secondary N) is 1. The van der Waals surface area contributed by atoms with Crippen molar-refractivity contribution in [3.05, 3.63) is 24.3 Å². The van der Waals surface area contributed by atoms with Gasteiger partial charge in [0.15, 0.2) is 5.96 Å². The Morgan fingerprint density at radius 2 is 1.68 bits per heavy atom. The van der Waals surface area contributed by atoms with Crippen molar-refractivity contribution in [2.45, 2.75) is 32.6 Å². The van der Waals surface area contributed by atoms with E-state index in [0.717, 1.165) is 25.4 Å². The van der Waals surface area contributed by atoms with Crippen molar-refractivity contribution in [1.82, 2.24) is 5.32 Å². The number of nitrogens with two attached hydrogens (primary N) is 1. The van der Waals surface area contributed by atoms with E-state index in [1.165, 1.54) is 37.1 Å². The first-order valence-electron chi connectivity index (χ1n) is 9.03. The van der Waals surface area contributed by atoms with Gasteiger partial charge in [0, 0.05) is 6.54 Å². The summed E-state index contributed by atoms with van der Waals surface area (Å²) < 4.78 is 52.9. The molecule has 11 heteroatoms. The molecular weight excluding hydrogens is 404 g/mol. The molecule has 0 fully saturated rings. The molecule has 0 heterocycles. The minimum atomic E-state index is -3.96. The Labute approximate surface area is 168 Å². The molecular formula is C17H30N4O5S2. The van der Waals surface area contributed by atoms with Crippen LogP contribution in [0.1, 0.15) is 32.6 Å². The summed E-state index contributed by atoms with van der Waals surface area (Å²) >= 11 is 0. The smallest absolute Gasteiger partial charge is 0.245 e. The summed E-state index contributed by atoms with van der Waals surface area (Å²) in [6.07, 6.45) is 6.19. The van der Waals surface area contributed by atoms with Crippen molar-refractivity contribution >= 4 is 31.7 Å². The number of aliphatic imine (C=N–C) groups is 1. The number of rotatable bonds is 12. The standard InChI is InChI=1S/C17H30N4O5S2/c1-4-5-6-7-12-19-17(18)20-13-14-26-16-10-8-15(9-11-16)21(27(2,22)23)28(3,24)25/h8-11H,4-7,12-14H2,1-3H3,(H3,18,19,20). The molecule has 0 aliphatic rings. The zero-order valence-corrected chi connectivity index (χ0v) is 18.2. The number of anilines is 1. The summed E-state index contributed by atoms with van der Waals surface area (Å²) in [4.78, 5) is 4.23. The monoisotopic (exact) mass is 434 g/mol. The minimum Gasteiger partial charge on any atom is -0.492 e. The van der Waals surface area contributed by atoms with E-state index in [1.807, 2.05) is 0 Å². The molecule has 1 aromatic rings. The normalized spacial score (nSPS) is 12.6. The number of benzene rings is 1. The fourth-order valence-electron chi connectivity index (χ4n) is 2.43. The summed E-state index contributed by atoms with van der Waals surface area (Å²) in [6, 6.07) is 5.75. The van der Waals surface area contributed by atoms with E-state index in [-0.39, 0.29) is 5.69 Å². The Kier molecular flexibility index (Phi) is 9.53. The number of sulfonamides is 2. The molecule has 9 nitrogen and oxygen atoms in total. The largest absolute Gasteiger partial charge is 0.492 e. The summed E-state index contributed by atoms with van der Waals surface area (Å²) in [5.41, 5.74) is 5.79. The van der Waals surface area contributed by atoms with Crippen LogP contribution in [0.4, 0.5) is 5.69 Å². The van der Waals surface area contributed by atoms with E-state index in [4.69, 9.17) is 10.5 Å². The lowest BCUT2D eigenvalue weighted by Gasteiger charge is -2.19. The van der Waals surface area contributed by atoms with Gasteiger partial charge >= 0.3 is 0 Å². The molecule has 1 rings (SSSR count). The third-order valence-corrected chi connectivity index (χ3v) is 6.87. The van der Waals surface area contributed by atoms with Crippen molar-refractivity contribution in [2.24, 2.45) is 10.7 Å². The molecule has 0 aliphatic carbocycles. The summed E-state index contributed by atoms with van der Waals surface area (Å²) in [5.74, 6) is 0.843. The predicted molar refractivity (Wildman–Crippen MR) is 113 cm³/mol. The first-order valence-corrected chi connectivity index (χ1v) is 12.7. The fraction of sp³-hybridized carbons (Fsp3) is 0.588.